The lowest BCUT2D eigenvalue weighted by Crippen LogP contribution is -2.38. The molecule has 0 saturated carbocycles. The number of aromatic nitrogens is 3. The van der Waals surface area contributed by atoms with Crippen molar-refractivity contribution in [1.29, 1.82) is 0 Å². The molecule has 45 heavy (non-hydrogen) atoms. The lowest BCUT2D eigenvalue weighted by molar-refractivity contribution is 0.0323. The Bertz CT molecular complexity index is 1900. The van der Waals surface area contributed by atoms with Gasteiger partial charge in [0.1, 0.15) is 18.0 Å². The highest BCUT2D eigenvalue weighted by Gasteiger charge is 2.26. The Hall–Kier alpha value is -4.07. The van der Waals surface area contributed by atoms with Crippen molar-refractivity contribution in [2.45, 2.75) is 39.5 Å². The maximum Gasteiger partial charge on any atom is 0.356 e. The van der Waals surface area contributed by atoms with E-state index in [0.717, 1.165) is 39.8 Å². The van der Waals surface area contributed by atoms with Crippen molar-refractivity contribution in [3.63, 3.8) is 0 Å². The van der Waals surface area contributed by atoms with Crippen molar-refractivity contribution < 1.29 is 22.6 Å². The molecule has 0 bridgehead atoms. The summed E-state index contributed by atoms with van der Waals surface area (Å²) in [7, 11) is -2.30. The monoisotopic (exact) mass is 639 g/mol. The highest BCUT2D eigenvalue weighted by Crippen LogP contribution is 2.37. The molecular weight excluding hydrogens is 598 g/mol. The van der Waals surface area contributed by atoms with Crippen molar-refractivity contribution in [2.24, 2.45) is 0 Å². The average Bonchev–Trinajstić information content (AvgIpc) is 3.29. The molecule has 0 radical (unpaired) electrons. The quantitative estimate of drug-likeness (QED) is 0.254. The van der Waals surface area contributed by atoms with E-state index in [1.54, 1.807) is 31.2 Å². The minimum Gasteiger partial charge on any atom is -0.492 e. The summed E-state index contributed by atoms with van der Waals surface area (Å²) in [6.45, 7) is 12.1. The van der Waals surface area contributed by atoms with Gasteiger partial charge in [0.25, 0.3) is 0 Å². The van der Waals surface area contributed by atoms with Gasteiger partial charge in [-0.25, -0.2) is 27.7 Å². The van der Waals surface area contributed by atoms with Crippen molar-refractivity contribution in [1.82, 2.24) is 19.2 Å². The molecular formula is C32H41N5O7S. The van der Waals surface area contributed by atoms with Gasteiger partial charge in [0, 0.05) is 30.4 Å². The molecule has 2 heterocycles. The third kappa shape index (κ3) is 6.95. The molecule has 242 valence electrons. The second kappa shape index (κ2) is 13.1. The minimum atomic E-state index is -3.69. The van der Waals surface area contributed by atoms with Crippen LogP contribution in [0.4, 0.5) is 5.69 Å². The summed E-state index contributed by atoms with van der Waals surface area (Å²) in [4.78, 5) is 29.8. The van der Waals surface area contributed by atoms with E-state index < -0.39 is 26.8 Å². The summed E-state index contributed by atoms with van der Waals surface area (Å²) in [6, 6.07) is 14.3. The molecule has 1 aromatic heterocycles. The molecule has 0 aliphatic carbocycles. The molecule has 5 rings (SSSR count). The van der Waals surface area contributed by atoms with Crippen LogP contribution in [0.5, 0.6) is 11.5 Å². The van der Waals surface area contributed by atoms with Gasteiger partial charge in [-0.05, 0) is 41.7 Å². The maximum atomic E-state index is 14.0. The van der Waals surface area contributed by atoms with Crippen LogP contribution in [0.2, 0.25) is 0 Å². The molecule has 1 fully saturated rings. The second-order valence-electron chi connectivity index (χ2n) is 12.0. The number of aromatic amines is 1. The molecule has 0 spiro atoms. The van der Waals surface area contributed by atoms with Crippen LogP contribution in [0.1, 0.15) is 39.7 Å². The van der Waals surface area contributed by atoms with E-state index in [-0.39, 0.29) is 22.9 Å². The number of benzene rings is 3. The highest BCUT2D eigenvalue weighted by molar-refractivity contribution is 7.92. The number of ether oxygens (including phenoxy) is 3. The summed E-state index contributed by atoms with van der Waals surface area (Å²) in [5.41, 5.74) is -0.264. The van der Waals surface area contributed by atoms with Gasteiger partial charge >= 0.3 is 11.4 Å². The van der Waals surface area contributed by atoms with Gasteiger partial charge in [-0.1, -0.05) is 52.0 Å². The number of rotatable bonds is 11. The first kappa shape index (κ1) is 32.3. The lowest BCUT2D eigenvalue weighted by atomic mass is 9.86. The van der Waals surface area contributed by atoms with E-state index in [2.05, 4.69) is 14.7 Å². The third-order valence-electron chi connectivity index (χ3n) is 7.78. The molecule has 3 aromatic carbocycles. The van der Waals surface area contributed by atoms with Crippen molar-refractivity contribution >= 4 is 26.5 Å². The van der Waals surface area contributed by atoms with Gasteiger partial charge in [-0.2, -0.15) is 4.68 Å². The zero-order chi connectivity index (χ0) is 32.4. The van der Waals surface area contributed by atoms with Gasteiger partial charge in [-0.15, -0.1) is 0 Å². The number of hydrogen-bond acceptors (Lipinski definition) is 8. The van der Waals surface area contributed by atoms with Gasteiger partial charge in [0.05, 0.1) is 37.5 Å². The Kier molecular flexibility index (Phi) is 9.42. The third-order valence-corrected chi connectivity index (χ3v) is 9.26. The number of hydrogen-bond donors (Lipinski definition) is 2. The Morgan fingerprint density at radius 3 is 2.38 bits per heavy atom. The minimum absolute atomic E-state index is 0.0849. The molecule has 0 amide bonds. The number of H-pyrrole nitrogens is 1. The largest absolute Gasteiger partial charge is 0.492 e. The highest BCUT2D eigenvalue weighted by atomic mass is 32.2. The maximum absolute atomic E-state index is 14.0. The SMILES string of the molecule is CCCS(=O)(=O)Nc1cc(C(C)(C)C)cc(-n2[nH]c(=O)n(-c3ccc(OCCN4CCOCC4)c4ccccc34)c2=O)c1OC. The number of sulfonamides is 1. The Balaban J connectivity index is 1.59. The summed E-state index contributed by atoms with van der Waals surface area (Å²) in [5, 5.41) is 4.08. The number of morpholine rings is 1. The van der Waals surface area contributed by atoms with Crippen molar-refractivity contribution in [2.75, 3.05) is 57.0 Å². The fourth-order valence-corrected chi connectivity index (χ4v) is 6.56. The van der Waals surface area contributed by atoms with E-state index in [1.165, 1.54) is 7.11 Å². The van der Waals surface area contributed by atoms with Gasteiger partial charge < -0.3 is 14.2 Å². The normalized spacial score (nSPS) is 14.5. The number of nitrogens with zero attached hydrogens (tertiary/aromatic N) is 3. The first-order chi connectivity index (χ1) is 21.4. The van der Waals surface area contributed by atoms with Crippen LogP contribution < -0.4 is 25.6 Å². The summed E-state index contributed by atoms with van der Waals surface area (Å²) in [6.07, 6.45) is 0.421. The summed E-state index contributed by atoms with van der Waals surface area (Å²) in [5.74, 6) is 0.667. The van der Waals surface area contributed by atoms with Crippen molar-refractivity contribution in [3.8, 4) is 22.9 Å². The zero-order valence-electron chi connectivity index (χ0n) is 26.4. The molecule has 4 aromatic rings. The van der Waals surface area contributed by atoms with Crippen LogP contribution in [0.15, 0.2) is 58.1 Å². The molecule has 1 aliphatic heterocycles. The fraction of sp³-hybridized carbons (Fsp3) is 0.438. The van der Waals surface area contributed by atoms with Crippen LogP contribution in [0.25, 0.3) is 22.1 Å². The molecule has 2 N–H and O–H groups in total. The van der Waals surface area contributed by atoms with Crippen LogP contribution in [0.3, 0.4) is 0 Å². The molecule has 12 nitrogen and oxygen atoms in total. The first-order valence-corrected chi connectivity index (χ1v) is 16.7. The predicted octanol–water partition coefficient (Wildman–Crippen LogP) is 3.64. The van der Waals surface area contributed by atoms with E-state index in [0.29, 0.717) is 43.1 Å². The van der Waals surface area contributed by atoms with Crippen LogP contribution in [-0.2, 0) is 20.2 Å². The Morgan fingerprint density at radius 2 is 1.71 bits per heavy atom. The van der Waals surface area contributed by atoms with E-state index >= 15 is 0 Å². The summed E-state index contributed by atoms with van der Waals surface area (Å²) < 4.78 is 47.5. The van der Waals surface area contributed by atoms with Gasteiger partial charge in [-0.3, -0.25) is 9.62 Å². The topological polar surface area (TPSA) is 137 Å². The van der Waals surface area contributed by atoms with E-state index in [4.69, 9.17) is 14.2 Å². The molecule has 0 unspecified atom stereocenters. The number of anilines is 1. The average molecular weight is 640 g/mol. The van der Waals surface area contributed by atoms with Crippen LogP contribution >= 0.6 is 0 Å². The molecule has 13 heteroatoms. The molecule has 0 atom stereocenters. The van der Waals surface area contributed by atoms with Crippen molar-refractivity contribution in [3.05, 3.63) is 75.1 Å². The molecule has 1 saturated heterocycles. The predicted molar refractivity (Wildman–Crippen MR) is 175 cm³/mol. The number of methoxy groups -OCH3 is 1. The number of nitrogens with one attached hydrogen (secondary N) is 2. The Morgan fingerprint density at radius 1 is 1.00 bits per heavy atom. The van der Waals surface area contributed by atoms with Crippen LogP contribution in [-0.4, -0.2) is 80.0 Å². The van der Waals surface area contributed by atoms with Gasteiger partial charge in [0.15, 0.2) is 5.75 Å². The lowest BCUT2D eigenvalue weighted by Gasteiger charge is -2.26. The smallest absolute Gasteiger partial charge is 0.356 e. The number of fused-ring (bicyclic) bond motifs is 1. The van der Waals surface area contributed by atoms with E-state index in [1.807, 2.05) is 45.0 Å². The second-order valence-corrected chi connectivity index (χ2v) is 13.9. The van der Waals surface area contributed by atoms with Crippen LogP contribution in [0, 0.1) is 0 Å². The van der Waals surface area contributed by atoms with E-state index in [9.17, 15) is 18.0 Å². The molecule has 1 aliphatic rings. The first-order valence-electron chi connectivity index (χ1n) is 15.1. The Labute approximate surface area is 262 Å². The standard InChI is InChI=1S/C32H41N5O7S/c1-6-19-45(40,41)34-25-20-22(32(2,3)4)21-27(29(25)42-5)37-31(39)36(30(38)33-37)26-11-12-28(24-10-8-7-9-23(24)26)44-18-15-35-13-16-43-17-14-35/h7-12,20-21,34H,6,13-19H2,1-5H3,(H,33,38). The fourth-order valence-electron chi connectivity index (χ4n) is 5.43. The summed E-state index contributed by atoms with van der Waals surface area (Å²) >= 11 is 0. The zero-order valence-corrected chi connectivity index (χ0v) is 27.2. The van der Waals surface area contributed by atoms with Gasteiger partial charge in [0.2, 0.25) is 10.0 Å².